The van der Waals surface area contributed by atoms with E-state index in [-0.39, 0.29) is 31.0 Å². The molecule has 2 aromatic carbocycles. The number of carbonyl (C=O) groups excluding carboxylic acids is 2. The van der Waals surface area contributed by atoms with E-state index >= 15 is 0 Å². The standard InChI is InChI=1S/C21H17BrF2N2O3S/c1-2-29-18(27)8-12-7-11-3-4-13(22)9-15(11)26(21(12)28)10-17-25-20-16(30-17)6-5-14(23)19(20)24/h3-6,9,12H,2,7-8,10H2,1H3. The molecule has 0 spiro atoms. The molecule has 156 valence electrons. The van der Waals surface area contributed by atoms with E-state index in [1.54, 1.807) is 11.8 Å². The zero-order valence-electron chi connectivity index (χ0n) is 16.0. The van der Waals surface area contributed by atoms with E-state index in [1.165, 1.54) is 17.4 Å². The molecule has 0 N–H and O–H groups in total. The van der Waals surface area contributed by atoms with Crippen molar-refractivity contribution in [1.29, 1.82) is 0 Å². The highest BCUT2D eigenvalue weighted by atomic mass is 79.9. The van der Waals surface area contributed by atoms with Crippen LogP contribution in [0.15, 0.2) is 34.8 Å². The van der Waals surface area contributed by atoms with Crippen molar-refractivity contribution in [1.82, 2.24) is 4.98 Å². The van der Waals surface area contributed by atoms with E-state index < -0.39 is 23.5 Å². The number of benzene rings is 2. The second-order valence-corrected chi connectivity index (χ2v) is 8.95. The normalized spacial score (nSPS) is 16.1. The molecule has 4 rings (SSSR count). The summed E-state index contributed by atoms with van der Waals surface area (Å²) in [5.41, 5.74) is 1.59. The van der Waals surface area contributed by atoms with E-state index in [0.717, 1.165) is 16.1 Å². The quantitative estimate of drug-likeness (QED) is 0.468. The molecule has 1 aliphatic heterocycles. The Morgan fingerprint density at radius 3 is 2.90 bits per heavy atom. The fourth-order valence-electron chi connectivity index (χ4n) is 3.58. The molecule has 2 heterocycles. The van der Waals surface area contributed by atoms with Crippen molar-refractivity contribution >= 4 is 55.0 Å². The number of hydrogen-bond acceptors (Lipinski definition) is 5. The van der Waals surface area contributed by atoms with Crippen LogP contribution in [0.1, 0.15) is 23.9 Å². The lowest BCUT2D eigenvalue weighted by molar-refractivity contribution is -0.146. The topological polar surface area (TPSA) is 59.5 Å². The van der Waals surface area contributed by atoms with Gasteiger partial charge in [0.15, 0.2) is 11.6 Å². The number of anilines is 1. The van der Waals surface area contributed by atoms with Gasteiger partial charge in [-0.15, -0.1) is 11.3 Å². The molecule has 1 amide bonds. The van der Waals surface area contributed by atoms with Crippen LogP contribution in [0.4, 0.5) is 14.5 Å². The van der Waals surface area contributed by atoms with Crippen molar-refractivity contribution in [3.8, 4) is 0 Å². The number of fused-ring (bicyclic) bond motifs is 2. The number of rotatable bonds is 5. The third-order valence-corrected chi connectivity index (χ3v) is 6.43. The Morgan fingerprint density at radius 1 is 1.33 bits per heavy atom. The summed E-state index contributed by atoms with van der Waals surface area (Å²) < 4.78 is 33.9. The summed E-state index contributed by atoms with van der Waals surface area (Å²) in [6.07, 6.45) is 0.412. The molecule has 0 fully saturated rings. The minimum Gasteiger partial charge on any atom is -0.466 e. The number of halogens is 3. The third-order valence-electron chi connectivity index (χ3n) is 4.93. The van der Waals surface area contributed by atoms with Gasteiger partial charge in [-0.3, -0.25) is 9.59 Å². The van der Waals surface area contributed by atoms with Gasteiger partial charge in [-0.1, -0.05) is 22.0 Å². The molecule has 0 bridgehead atoms. The summed E-state index contributed by atoms with van der Waals surface area (Å²) in [6, 6.07) is 8.16. The Kier molecular flexibility index (Phi) is 5.84. The Morgan fingerprint density at radius 2 is 2.13 bits per heavy atom. The number of hydrogen-bond donors (Lipinski definition) is 0. The van der Waals surface area contributed by atoms with Crippen LogP contribution in [0.2, 0.25) is 0 Å². The molecule has 1 aliphatic rings. The van der Waals surface area contributed by atoms with Crippen LogP contribution in [-0.4, -0.2) is 23.5 Å². The maximum absolute atomic E-state index is 14.1. The van der Waals surface area contributed by atoms with Gasteiger partial charge in [0.05, 0.1) is 30.2 Å². The first-order valence-corrected chi connectivity index (χ1v) is 11.0. The second-order valence-electron chi connectivity index (χ2n) is 6.92. The van der Waals surface area contributed by atoms with Gasteiger partial charge in [-0.2, -0.15) is 0 Å². The van der Waals surface area contributed by atoms with Gasteiger partial charge in [-0.05, 0) is 43.2 Å². The first-order chi connectivity index (χ1) is 14.4. The third kappa shape index (κ3) is 3.96. The van der Waals surface area contributed by atoms with E-state index in [2.05, 4.69) is 20.9 Å². The number of aromatic nitrogens is 1. The molecule has 1 atom stereocenters. The van der Waals surface area contributed by atoms with Crippen LogP contribution in [-0.2, 0) is 27.3 Å². The number of amides is 1. The lowest BCUT2D eigenvalue weighted by Crippen LogP contribution is -2.41. The Labute approximate surface area is 183 Å². The summed E-state index contributed by atoms with van der Waals surface area (Å²) in [4.78, 5) is 31.0. The van der Waals surface area contributed by atoms with Gasteiger partial charge in [0, 0.05) is 10.2 Å². The van der Waals surface area contributed by atoms with Gasteiger partial charge >= 0.3 is 5.97 Å². The minimum atomic E-state index is -0.997. The summed E-state index contributed by atoms with van der Waals surface area (Å²) in [7, 11) is 0. The predicted molar refractivity (Wildman–Crippen MR) is 113 cm³/mol. The van der Waals surface area contributed by atoms with Crippen LogP contribution < -0.4 is 4.90 Å². The van der Waals surface area contributed by atoms with Crippen LogP contribution in [0.25, 0.3) is 10.2 Å². The van der Waals surface area contributed by atoms with Crippen LogP contribution >= 0.6 is 27.3 Å². The minimum absolute atomic E-state index is 0.0155. The lowest BCUT2D eigenvalue weighted by Gasteiger charge is -2.33. The largest absolute Gasteiger partial charge is 0.466 e. The number of esters is 1. The molecular weight excluding hydrogens is 478 g/mol. The Bertz CT molecular complexity index is 1150. The Hall–Kier alpha value is -2.39. The van der Waals surface area contributed by atoms with Crippen molar-refractivity contribution in [3.63, 3.8) is 0 Å². The second kappa shape index (κ2) is 8.39. The highest BCUT2D eigenvalue weighted by Crippen LogP contribution is 2.36. The smallest absolute Gasteiger partial charge is 0.306 e. The monoisotopic (exact) mass is 494 g/mol. The van der Waals surface area contributed by atoms with E-state index in [4.69, 9.17) is 4.74 Å². The fourth-order valence-corrected chi connectivity index (χ4v) is 4.88. The first-order valence-electron chi connectivity index (χ1n) is 9.36. The molecule has 0 saturated carbocycles. The molecule has 1 unspecified atom stereocenters. The molecular formula is C21H17BrF2N2O3S. The van der Waals surface area contributed by atoms with Crippen molar-refractivity contribution in [2.45, 2.75) is 26.3 Å². The van der Waals surface area contributed by atoms with E-state index in [1.807, 2.05) is 18.2 Å². The SMILES string of the molecule is CCOC(=O)CC1Cc2ccc(Br)cc2N(Cc2nc3c(F)c(F)ccc3s2)C1=O. The summed E-state index contributed by atoms with van der Waals surface area (Å²) in [5.74, 6) is -3.16. The summed E-state index contributed by atoms with van der Waals surface area (Å²) >= 11 is 4.63. The molecule has 9 heteroatoms. The van der Waals surface area contributed by atoms with E-state index in [9.17, 15) is 18.4 Å². The molecule has 5 nitrogen and oxygen atoms in total. The van der Waals surface area contributed by atoms with Gasteiger partial charge in [0.1, 0.15) is 10.5 Å². The van der Waals surface area contributed by atoms with Crippen molar-refractivity contribution in [2.24, 2.45) is 5.92 Å². The van der Waals surface area contributed by atoms with E-state index in [0.29, 0.717) is 21.8 Å². The van der Waals surface area contributed by atoms with Crippen molar-refractivity contribution in [3.05, 3.63) is 57.0 Å². The lowest BCUT2D eigenvalue weighted by atomic mass is 9.89. The van der Waals surface area contributed by atoms with Gasteiger partial charge in [-0.25, -0.2) is 13.8 Å². The molecule has 0 saturated heterocycles. The summed E-state index contributed by atoms with van der Waals surface area (Å²) in [6.45, 7) is 2.07. The predicted octanol–water partition coefficient (Wildman–Crippen LogP) is 5.00. The fraction of sp³-hybridized carbons (Fsp3) is 0.286. The number of ether oxygens (including phenoxy) is 1. The first kappa shape index (κ1) is 20.9. The number of nitrogens with zero attached hydrogens (tertiary/aromatic N) is 2. The van der Waals surface area contributed by atoms with Gasteiger partial charge in [0.25, 0.3) is 0 Å². The van der Waals surface area contributed by atoms with Crippen molar-refractivity contribution in [2.75, 3.05) is 11.5 Å². The van der Waals surface area contributed by atoms with Crippen molar-refractivity contribution < 1.29 is 23.1 Å². The Balaban J connectivity index is 1.69. The zero-order valence-corrected chi connectivity index (χ0v) is 18.4. The van der Waals surface area contributed by atoms with Crippen LogP contribution in [0.3, 0.4) is 0 Å². The van der Waals surface area contributed by atoms with Crippen LogP contribution in [0, 0.1) is 17.6 Å². The average molecular weight is 495 g/mol. The highest BCUT2D eigenvalue weighted by Gasteiger charge is 2.35. The van der Waals surface area contributed by atoms with Gasteiger partial charge < -0.3 is 9.64 Å². The number of thiazole rings is 1. The maximum Gasteiger partial charge on any atom is 0.306 e. The zero-order chi connectivity index (χ0) is 21.4. The maximum atomic E-state index is 14.1. The summed E-state index contributed by atoms with van der Waals surface area (Å²) in [5, 5.41) is 0.477. The van der Waals surface area contributed by atoms with Crippen LogP contribution in [0.5, 0.6) is 0 Å². The molecule has 0 radical (unpaired) electrons. The molecule has 3 aromatic rings. The van der Waals surface area contributed by atoms with Gasteiger partial charge in [0.2, 0.25) is 5.91 Å². The number of carbonyl (C=O) groups is 2. The highest BCUT2D eigenvalue weighted by molar-refractivity contribution is 9.10. The molecule has 0 aliphatic carbocycles. The molecule has 30 heavy (non-hydrogen) atoms. The molecule has 1 aromatic heterocycles. The average Bonchev–Trinajstić information content (AvgIpc) is 3.12.